The first-order chi connectivity index (χ1) is 12.4. The van der Waals surface area contributed by atoms with Gasteiger partial charge in [-0.3, -0.25) is 4.79 Å². The Morgan fingerprint density at radius 1 is 1.11 bits per heavy atom. The molecule has 2 fully saturated rings. The van der Waals surface area contributed by atoms with Gasteiger partial charge in [0.05, 0.1) is 11.3 Å². The number of piperidine rings is 1. The highest BCUT2D eigenvalue weighted by Gasteiger charge is 2.27. The highest BCUT2D eigenvalue weighted by Crippen LogP contribution is 2.28. The van der Waals surface area contributed by atoms with Gasteiger partial charge in [0.2, 0.25) is 15.7 Å². The van der Waals surface area contributed by atoms with Crippen molar-refractivity contribution in [2.45, 2.75) is 48.8 Å². The second-order valence-electron chi connectivity index (χ2n) is 7.13. The van der Waals surface area contributed by atoms with Gasteiger partial charge in [0.25, 0.3) is 0 Å². The van der Waals surface area contributed by atoms with E-state index in [1.165, 1.54) is 25.0 Å². The second-order valence-corrected chi connectivity index (χ2v) is 9.05. The molecule has 0 bridgehead atoms. The predicted octanol–water partition coefficient (Wildman–Crippen LogP) is 2.64. The van der Waals surface area contributed by atoms with Crippen molar-refractivity contribution in [3.63, 3.8) is 0 Å². The molecule has 1 saturated heterocycles. The number of rotatable bonds is 7. The third-order valence-electron chi connectivity index (χ3n) is 5.08. The van der Waals surface area contributed by atoms with E-state index in [0.29, 0.717) is 24.7 Å². The van der Waals surface area contributed by atoms with Crippen molar-refractivity contribution in [1.29, 1.82) is 0 Å². The Labute approximate surface area is 164 Å². The summed E-state index contributed by atoms with van der Waals surface area (Å²) in [5, 5.41) is 3.57. The topological polar surface area (TPSA) is 66.5 Å². The summed E-state index contributed by atoms with van der Waals surface area (Å²) in [6, 6.07) is 5.60. The van der Waals surface area contributed by atoms with Crippen LogP contribution < -0.4 is 5.32 Å². The summed E-state index contributed by atoms with van der Waals surface area (Å²) >= 11 is 0. The Bertz CT molecular complexity index is 731. The van der Waals surface area contributed by atoms with Crippen molar-refractivity contribution in [2.75, 3.05) is 19.6 Å². The monoisotopic (exact) mass is 422 g/mol. The molecule has 0 unspecified atom stereocenters. The second kappa shape index (κ2) is 9.30. The molecule has 152 valence electrons. The van der Waals surface area contributed by atoms with Crippen LogP contribution in [0.3, 0.4) is 0 Å². The molecular formula is C18H25ClF2N2O3S. The molecular weight excluding hydrogens is 398 g/mol. The lowest BCUT2D eigenvalue weighted by Gasteiger charge is -2.32. The fourth-order valence-electron chi connectivity index (χ4n) is 3.17. The summed E-state index contributed by atoms with van der Waals surface area (Å²) in [5.74, 6) is -2.62. The molecule has 1 aliphatic carbocycles. The fourth-order valence-corrected chi connectivity index (χ4v) is 3.90. The molecule has 0 spiro atoms. The predicted molar refractivity (Wildman–Crippen MR) is 101 cm³/mol. The Balaban J connectivity index is 0.00000261. The van der Waals surface area contributed by atoms with Crippen LogP contribution in [0.4, 0.5) is 8.78 Å². The molecule has 1 N–H and O–H groups in total. The quantitative estimate of drug-likeness (QED) is 0.733. The summed E-state index contributed by atoms with van der Waals surface area (Å²) in [6.45, 7) is 2.49. The van der Waals surface area contributed by atoms with Crippen LogP contribution in [0.1, 0.15) is 31.2 Å². The number of likely N-dealkylation sites (tertiary alicyclic amines) is 1. The van der Waals surface area contributed by atoms with Gasteiger partial charge < -0.3 is 10.2 Å². The number of carbonyl (C=O) groups excluding carboxylic acids is 1. The van der Waals surface area contributed by atoms with E-state index >= 15 is 0 Å². The normalized spacial score (nSPS) is 18.4. The number of halogens is 3. The van der Waals surface area contributed by atoms with Crippen LogP contribution in [0, 0.1) is 5.92 Å². The van der Waals surface area contributed by atoms with Gasteiger partial charge in [-0.15, -0.1) is 12.4 Å². The molecule has 0 atom stereocenters. The maximum Gasteiger partial charge on any atom is 0.341 e. The molecule has 27 heavy (non-hydrogen) atoms. The number of hydrogen-bond donors (Lipinski definition) is 1. The van der Waals surface area contributed by atoms with E-state index < -0.39 is 20.5 Å². The van der Waals surface area contributed by atoms with Gasteiger partial charge in [0, 0.05) is 19.1 Å². The maximum atomic E-state index is 12.5. The Kier molecular flexibility index (Phi) is 7.59. The number of nitrogens with one attached hydrogen (secondary N) is 1. The number of nitrogens with zero attached hydrogens (tertiary/aromatic N) is 1. The Morgan fingerprint density at radius 2 is 1.70 bits per heavy atom. The lowest BCUT2D eigenvalue weighted by molar-refractivity contribution is -0.131. The van der Waals surface area contributed by atoms with Crippen LogP contribution in [0.5, 0.6) is 0 Å². The average Bonchev–Trinajstić information content (AvgIpc) is 3.45. The van der Waals surface area contributed by atoms with Crippen LogP contribution in [0.15, 0.2) is 29.2 Å². The average molecular weight is 423 g/mol. The van der Waals surface area contributed by atoms with Gasteiger partial charge in [0.1, 0.15) is 0 Å². The third kappa shape index (κ3) is 5.86. The largest absolute Gasteiger partial charge is 0.342 e. The third-order valence-corrected chi connectivity index (χ3v) is 6.48. The first kappa shape index (κ1) is 22.0. The number of sulfone groups is 1. The lowest BCUT2D eigenvalue weighted by Crippen LogP contribution is -2.45. The van der Waals surface area contributed by atoms with Crippen LogP contribution in [-0.4, -0.2) is 50.7 Å². The van der Waals surface area contributed by atoms with Crippen LogP contribution in [0.2, 0.25) is 0 Å². The van der Waals surface area contributed by atoms with Gasteiger partial charge in [-0.1, -0.05) is 12.1 Å². The zero-order chi connectivity index (χ0) is 18.7. The van der Waals surface area contributed by atoms with E-state index in [1.807, 2.05) is 4.90 Å². The van der Waals surface area contributed by atoms with E-state index in [1.54, 1.807) is 0 Å². The van der Waals surface area contributed by atoms with Crippen molar-refractivity contribution in [2.24, 2.45) is 5.92 Å². The molecule has 3 rings (SSSR count). The summed E-state index contributed by atoms with van der Waals surface area (Å²) in [6.07, 6.45) is 4.66. The molecule has 0 radical (unpaired) electrons. The van der Waals surface area contributed by atoms with E-state index in [-0.39, 0.29) is 24.7 Å². The van der Waals surface area contributed by atoms with Gasteiger partial charge >= 0.3 is 5.76 Å². The van der Waals surface area contributed by atoms with Crippen molar-refractivity contribution in [3.8, 4) is 0 Å². The molecule has 9 heteroatoms. The maximum absolute atomic E-state index is 12.5. The number of alkyl halides is 2. The minimum atomic E-state index is -4.59. The molecule has 1 amide bonds. The van der Waals surface area contributed by atoms with E-state index in [0.717, 1.165) is 37.4 Å². The van der Waals surface area contributed by atoms with Gasteiger partial charge in [-0.2, -0.15) is 8.78 Å². The van der Waals surface area contributed by atoms with Crippen molar-refractivity contribution in [1.82, 2.24) is 10.2 Å². The van der Waals surface area contributed by atoms with Crippen LogP contribution >= 0.6 is 12.4 Å². The van der Waals surface area contributed by atoms with E-state index in [9.17, 15) is 22.0 Å². The molecule has 1 aromatic rings. The standard InChI is InChI=1S/C18H24F2N2O3S.ClH/c19-18(20)26(24,25)16-5-3-13(4-6-16)11-17(23)22-9-7-15(8-10-22)21-12-14-1-2-14;/h3-6,14-15,18,21H,1-2,7-12H2;1H. The molecule has 2 aliphatic rings. The highest BCUT2D eigenvalue weighted by molar-refractivity contribution is 7.91. The highest BCUT2D eigenvalue weighted by atomic mass is 35.5. The fraction of sp³-hybridized carbons (Fsp3) is 0.611. The van der Waals surface area contributed by atoms with Gasteiger partial charge in [-0.25, -0.2) is 8.42 Å². The minimum Gasteiger partial charge on any atom is -0.342 e. The summed E-state index contributed by atoms with van der Waals surface area (Å²) < 4.78 is 47.9. The van der Waals surface area contributed by atoms with Crippen molar-refractivity contribution >= 4 is 28.2 Å². The number of carbonyl (C=O) groups is 1. The molecule has 0 aromatic heterocycles. The molecule has 1 aliphatic heterocycles. The summed E-state index contributed by atoms with van der Waals surface area (Å²) in [5.41, 5.74) is 0.622. The van der Waals surface area contributed by atoms with Crippen molar-refractivity contribution in [3.05, 3.63) is 29.8 Å². The first-order valence-corrected chi connectivity index (χ1v) is 10.5. The Hall–Kier alpha value is -1.25. The number of hydrogen-bond acceptors (Lipinski definition) is 4. The summed E-state index contributed by atoms with van der Waals surface area (Å²) in [4.78, 5) is 13.8. The van der Waals surface area contributed by atoms with Crippen molar-refractivity contribution < 1.29 is 22.0 Å². The zero-order valence-electron chi connectivity index (χ0n) is 14.9. The lowest BCUT2D eigenvalue weighted by atomic mass is 10.0. The number of benzene rings is 1. The van der Waals surface area contributed by atoms with E-state index in [4.69, 9.17) is 0 Å². The van der Waals surface area contributed by atoms with Gasteiger partial charge in [-0.05, 0) is 55.8 Å². The smallest absolute Gasteiger partial charge is 0.341 e. The SMILES string of the molecule is Cl.O=C(Cc1ccc(S(=O)(=O)C(F)F)cc1)N1CCC(NCC2CC2)CC1. The van der Waals surface area contributed by atoms with Gasteiger partial charge in [0.15, 0.2) is 0 Å². The molecule has 5 nitrogen and oxygen atoms in total. The van der Waals surface area contributed by atoms with Crippen LogP contribution in [0.25, 0.3) is 0 Å². The minimum absolute atomic E-state index is 0. The molecule has 1 heterocycles. The molecule has 1 aromatic carbocycles. The summed E-state index contributed by atoms with van der Waals surface area (Å²) in [7, 11) is -4.59. The molecule has 1 saturated carbocycles. The number of amides is 1. The first-order valence-electron chi connectivity index (χ1n) is 8.98. The van der Waals surface area contributed by atoms with E-state index in [2.05, 4.69) is 5.32 Å². The Morgan fingerprint density at radius 3 is 2.22 bits per heavy atom. The zero-order valence-corrected chi connectivity index (χ0v) is 16.6. The van der Waals surface area contributed by atoms with Crippen LogP contribution in [-0.2, 0) is 21.1 Å².